The van der Waals surface area contributed by atoms with E-state index in [4.69, 9.17) is 10.5 Å². The van der Waals surface area contributed by atoms with Crippen molar-refractivity contribution in [3.63, 3.8) is 0 Å². The Labute approximate surface area is 144 Å². The molecular formula is C19H28N2O3. The van der Waals surface area contributed by atoms with Gasteiger partial charge in [-0.05, 0) is 49.1 Å². The second-order valence-electron chi connectivity index (χ2n) is 7.29. The molecule has 1 aromatic rings. The minimum absolute atomic E-state index is 0.00929. The predicted octanol–water partition coefficient (Wildman–Crippen LogP) is 2.49. The highest BCUT2D eigenvalue weighted by Gasteiger charge is 2.30. The molecule has 1 aliphatic heterocycles. The summed E-state index contributed by atoms with van der Waals surface area (Å²) >= 11 is 0. The predicted molar refractivity (Wildman–Crippen MR) is 94.1 cm³/mol. The van der Waals surface area contributed by atoms with E-state index >= 15 is 0 Å². The van der Waals surface area contributed by atoms with E-state index in [2.05, 4.69) is 0 Å². The fourth-order valence-corrected chi connectivity index (χ4v) is 2.98. The van der Waals surface area contributed by atoms with Gasteiger partial charge in [0.15, 0.2) is 5.78 Å². The highest BCUT2D eigenvalue weighted by molar-refractivity contribution is 5.98. The first kappa shape index (κ1) is 18.5. The molecular weight excluding hydrogens is 304 g/mol. The molecule has 5 heteroatoms. The molecule has 1 aliphatic rings. The third kappa shape index (κ3) is 4.57. The molecule has 0 aromatic heterocycles. The van der Waals surface area contributed by atoms with E-state index in [1.54, 1.807) is 19.2 Å². The monoisotopic (exact) mass is 332 g/mol. The lowest BCUT2D eigenvalue weighted by Crippen LogP contribution is -2.42. The standard InChI is InChI=1S/C19H28N2O3/c1-19(2,13-20)12-17(22)21-10-8-15(9-11-21)18(23)14-4-6-16(24-3)7-5-14/h4-7,15H,8-13,20H2,1-3H3. The van der Waals surface area contributed by atoms with Crippen LogP contribution in [0.3, 0.4) is 0 Å². The van der Waals surface area contributed by atoms with Gasteiger partial charge in [0.1, 0.15) is 5.75 Å². The van der Waals surface area contributed by atoms with Crippen LogP contribution in [0.4, 0.5) is 0 Å². The minimum Gasteiger partial charge on any atom is -0.497 e. The summed E-state index contributed by atoms with van der Waals surface area (Å²) in [4.78, 5) is 26.8. The van der Waals surface area contributed by atoms with E-state index in [1.165, 1.54) is 0 Å². The van der Waals surface area contributed by atoms with Crippen molar-refractivity contribution in [1.82, 2.24) is 4.90 Å². The molecule has 0 unspecified atom stereocenters. The smallest absolute Gasteiger partial charge is 0.223 e. The van der Waals surface area contributed by atoms with Crippen LogP contribution in [0, 0.1) is 11.3 Å². The van der Waals surface area contributed by atoms with E-state index in [1.807, 2.05) is 30.9 Å². The van der Waals surface area contributed by atoms with Crippen LogP contribution in [0.1, 0.15) is 43.5 Å². The number of ether oxygens (including phenoxy) is 1. The number of methoxy groups -OCH3 is 1. The molecule has 0 atom stereocenters. The van der Waals surface area contributed by atoms with E-state index in [0.717, 1.165) is 18.6 Å². The molecule has 1 fully saturated rings. The van der Waals surface area contributed by atoms with Crippen LogP contribution in [0.25, 0.3) is 0 Å². The lowest BCUT2D eigenvalue weighted by molar-refractivity contribution is -0.134. The number of hydrogen-bond donors (Lipinski definition) is 1. The number of benzene rings is 1. The van der Waals surface area contributed by atoms with Crippen LogP contribution in [0.2, 0.25) is 0 Å². The van der Waals surface area contributed by atoms with Gasteiger partial charge in [0.2, 0.25) is 5.91 Å². The lowest BCUT2D eigenvalue weighted by atomic mass is 9.86. The van der Waals surface area contributed by atoms with Crippen LogP contribution in [-0.4, -0.2) is 43.3 Å². The van der Waals surface area contributed by atoms with Crippen molar-refractivity contribution in [2.24, 2.45) is 17.1 Å². The molecule has 0 spiro atoms. The van der Waals surface area contributed by atoms with Crippen LogP contribution < -0.4 is 10.5 Å². The number of likely N-dealkylation sites (tertiary alicyclic amines) is 1. The Kier molecular flexibility index (Phi) is 5.99. The molecule has 0 radical (unpaired) electrons. The number of carbonyl (C=O) groups excluding carboxylic acids is 2. The summed E-state index contributed by atoms with van der Waals surface area (Å²) in [5.74, 6) is 1.03. The highest BCUT2D eigenvalue weighted by atomic mass is 16.5. The summed E-state index contributed by atoms with van der Waals surface area (Å²) in [5.41, 5.74) is 6.25. The van der Waals surface area contributed by atoms with Gasteiger partial charge in [-0.3, -0.25) is 9.59 Å². The van der Waals surface area contributed by atoms with Crippen LogP contribution >= 0.6 is 0 Å². The molecule has 1 saturated heterocycles. The third-order valence-electron chi connectivity index (χ3n) is 4.78. The fourth-order valence-electron chi connectivity index (χ4n) is 2.98. The van der Waals surface area contributed by atoms with E-state index in [-0.39, 0.29) is 23.0 Å². The Morgan fingerprint density at radius 2 is 1.79 bits per heavy atom. The topological polar surface area (TPSA) is 72.6 Å². The second-order valence-corrected chi connectivity index (χ2v) is 7.29. The molecule has 1 heterocycles. The molecule has 0 aliphatic carbocycles. The van der Waals surface area contributed by atoms with Crippen LogP contribution in [0.5, 0.6) is 5.75 Å². The minimum atomic E-state index is -0.174. The van der Waals surface area contributed by atoms with Gasteiger partial charge in [-0.25, -0.2) is 0 Å². The maximum Gasteiger partial charge on any atom is 0.223 e. The largest absolute Gasteiger partial charge is 0.497 e. The molecule has 2 N–H and O–H groups in total. The van der Waals surface area contributed by atoms with Crippen molar-refractivity contribution in [2.45, 2.75) is 33.1 Å². The number of rotatable bonds is 6. The van der Waals surface area contributed by atoms with Crippen molar-refractivity contribution in [3.05, 3.63) is 29.8 Å². The zero-order valence-corrected chi connectivity index (χ0v) is 14.9. The summed E-state index contributed by atoms with van der Waals surface area (Å²) in [5, 5.41) is 0. The first-order chi connectivity index (χ1) is 11.4. The van der Waals surface area contributed by atoms with Gasteiger partial charge in [0.05, 0.1) is 7.11 Å². The van der Waals surface area contributed by atoms with E-state index in [0.29, 0.717) is 31.6 Å². The van der Waals surface area contributed by atoms with Gasteiger partial charge >= 0.3 is 0 Å². The summed E-state index contributed by atoms with van der Waals surface area (Å²) in [6, 6.07) is 7.23. The molecule has 0 bridgehead atoms. The Bertz CT molecular complexity index is 573. The molecule has 2 rings (SSSR count). The molecule has 1 aromatic carbocycles. The molecule has 24 heavy (non-hydrogen) atoms. The van der Waals surface area contributed by atoms with Crippen molar-refractivity contribution in [1.29, 1.82) is 0 Å². The Morgan fingerprint density at radius 3 is 2.29 bits per heavy atom. The Morgan fingerprint density at radius 1 is 1.21 bits per heavy atom. The Balaban J connectivity index is 1.89. The SMILES string of the molecule is COc1ccc(C(=O)C2CCN(C(=O)CC(C)(C)CN)CC2)cc1. The Hall–Kier alpha value is -1.88. The number of ketones is 1. The first-order valence-electron chi connectivity index (χ1n) is 8.52. The summed E-state index contributed by atoms with van der Waals surface area (Å²) in [6.07, 6.45) is 1.90. The number of Topliss-reactive ketones (excluding diaryl/α,β-unsaturated/α-hetero) is 1. The second kappa shape index (κ2) is 7.79. The maximum atomic E-state index is 12.6. The van der Waals surface area contributed by atoms with Gasteiger partial charge in [-0.2, -0.15) is 0 Å². The third-order valence-corrected chi connectivity index (χ3v) is 4.78. The molecule has 1 amide bonds. The maximum absolute atomic E-state index is 12.6. The van der Waals surface area contributed by atoms with Crippen LogP contribution in [-0.2, 0) is 4.79 Å². The lowest BCUT2D eigenvalue weighted by Gasteiger charge is -2.33. The average Bonchev–Trinajstić information content (AvgIpc) is 2.61. The van der Waals surface area contributed by atoms with Crippen molar-refractivity contribution in [2.75, 3.05) is 26.7 Å². The van der Waals surface area contributed by atoms with E-state index in [9.17, 15) is 9.59 Å². The van der Waals surface area contributed by atoms with Gasteiger partial charge in [-0.1, -0.05) is 13.8 Å². The molecule has 0 saturated carbocycles. The quantitative estimate of drug-likeness (QED) is 0.812. The highest BCUT2D eigenvalue weighted by Crippen LogP contribution is 2.25. The fraction of sp³-hybridized carbons (Fsp3) is 0.579. The summed E-state index contributed by atoms with van der Waals surface area (Å²) in [7, 11) is 1.61. The number of hydrogen-bond acceptors (Lipinski definition) is 4. The van der Waals surface area contributed by atoms with Crippen molar-refractivity contribution >= 4 is 11.7 Å². The van der Waals surface area contributed by atoms with Gasteiger partial charge in [0, 0.05) is 31.0 Å². The molecule has 5 nitrogen and oxygen atoms in total. The van der Waals surface area contributed by atoms with Gasteiger partial charge in [0.25, 0.3) is 0 Å². The average molecular weight is 332 g/mol. The number of carbonyl (C=O) groups is 2. The molecule has 132 valence electrons. The number of nitrogens with two attached hydrogens (primary N) is 1. The van der Waals surface area contributed by atoms with Crippen LogP contribution in [0.15, 0.2) is 24.3 Å². The summed E-state index contributed by atoms with van der Waals surface area (Å²) in [6.45, 7) is 5.79. The number of piperidine rings is 1. The number of nitrogens with zero attached hydrogens (tertiary/aromatic N) is 1. The first-order valence-corrected chi connectivity index (χ1v) is 8.52. The zero-order valence-electron chi connectivity index (χ0n) is 14.9. The van der Waals surface area contributed by atoms with Gasteiger partial charge < -0.3 is 15.4 Å². The summed E-state index contributed by atoms with van der Waals surface area (Å²) < 4.78 is 5.12. The normalized spacial score (nSPS) is 16.1. The van der Waals surface area contributed by atoms with Crippen molar-refractivity contribution < 1.29 is 14.3 Å². The van der Waals surface area contributed by atoms with Gasteiger partial charge in [-0.15, -0.1) is 0 Å². The number of amides is 1. The van der Waals surface area contributed by atoms with Crippen molar-refractivity contribution in [3.8, 4) is 5.75 Å². The zero-order chi connectivity index (χ0) is 17.7. The van der Waals surface area contributed by atoms with E-state index < -0.39 is 0 Å².